The maximum absolute atomic E-state index is 6.44. The number of likely N-dealkylation sites (N-methyl/N-ethyl adjacent to an activating group) is 2. The standard InChI is InChI=1S/C15H26ClN3/c1-6-19(12(2)11-18(4)5)15-13(10-17-3)8-7-9-14(15)16/h7-9,12,17H,6,10-11H2,1-5H3. The summed E-state index contributed by atoms with van der Waals surface area (Å²) in [7, 11) is 6.17. The van der Waals surface area contributed by atoms with Crippen LogP contribution in [0.5, 0.6) is 0 Å². The third kappa shape index (κ3) is 4.37. The second-order valence-corrected chi connectivity index (χ2v) is 5.58. The fraction of sp³-hybridized carbons (Fsp3) is 0.600. The fourth-order valence-corrected chi connectivity index (χ4v) is 2.83. The van der Waals surface area contributed by atoms with Crippen molar-refractivity contribution in [3.05, 3.63) is 28.8 Å². The van der Waals surface area contributed by atoms with E-state index in [0.717, 1.165) is 30.3 Å². The van der Waals surface area contributed by atoms with Crippen molar-refractivity contribution in [3.8, 4) is 0 Å². The van der Waals surface area contributed by atoms with Crippen LogP contribution >= 0.6 is 11.6 Å². The summed E-state index contributed by atoms with van der Waals surface area (Å²) in [6.07, 6.45) is 0. The molecule has 1 unspecified atom stereocenters. The predicted octanol–water partition coefficient (Wildman–Crippen LogP) is 2.84. The third-order valence-corrected chi connectivity index (χ3v) is 3.53. The van der Waals surface area contributed by atoms with E-state index in [2.05, 4.69) is 49.1 Å². The van der Waals surface area contributed by atoms with Gasteiger partial charge in [-0.15, -0.1) is 0 Å². The number of benzene rings is 1. The quantitative estimate of drug-likeness (QED) is 0.830. The Bertz CT molecular complexity index is 393. The van der Waals surface area contributed by atoms with Crippen molar-refractivity contribution in [2.45, 2.75) is 26.4 Å². The Morgan fingerprint density at radius 1 is 1.32 bits per heavy atom. The van der Waals surface area contributed by atoms with Crippen molar-refractivity contribution in [1.82, 2.24) is 10.2 Å². The highest BCUT2D eigenvalue weighted by molar-refractivity contribution is 6.33. The van der Waals surface area contributed by atoms with Gasteiger partial charge in [0.2, 0.25) is 0 Å². The minimum Gasteiger partial charge on any atom is -0.366 e. The van der Waals surface area contributed by atoms with E-state index in [0.29, 0.717) is 6.04 Å². The monoisotopic (exact) mass is 283 g/mol. The Balaban J connectivity index is 3.09. The summed E-state index contributed by atoms with van der Waals surface area (Å²) in [5.41, 5.74) is 2.41. The molecule has 0 saturated heterocycles. The summed E-state index contributed by atoms with van der Waals surface area (Å²) in [6.45, 7) is 7.23. The molecule has 0 radical (unpaired) electrons. The van der Waals surface area contributed by atoms with Gasteiger partial charge in [0.25, 0.3) is 0 Å². The van der Waals surface area contributed by atoms with E-state index in [1.54, 1.807) is 0 Å². The highest BCUT2D eigenvalue weighted by Gasteiger charge is 2.19. The van der Waals surface area contributed by atoms with Gasteiger partial charge in [0.05, 0.1) is 10.7 Å². The molecule has 1 atom stereocenters. The molecule has 0 aromatic heterocycles. The first-order chi connectivity index (χ1) is 9.01. The summed E-state index contributed by atoms with van der Waals surface area (Å²) in [5.74, 6) is 0. The Morgan fingerprint density at radius 3 is 2.53 bits per heavy atom. The lowest BCUT2D eigenvalue weighted by Crippen LogP contribution is -2.40. The minimum atomic E-state index is 0.426. The van der Waals surface area contributed by atoms with Gasteiger partial charge in [-0.2, -0.15) is 0 Å². The topological polar surface area (TPSA) is 18.5 Å². The first-order valence-corrected chi connectivity index (χ1v) is 7.22. The first-order valence-electron chi connectivity index (χ1n) is 6.84. The summed E-state index contributed by atoms with van der Waals surface area (Å²) in [5, 5.41) is 4.05. The molecule has 0 heterocycles. The Hall–Kier alpha value is -0.770. The number of rotatable bonds is 7. The summed E-state index contributed by atoms with van der Waals surface area (Å²) < 4.78 is 0. The third-order valence-electron chi connectivity index (χ3n) is 3.23. The molecule has 0 fully saturated rings. The smallest absolute Gasteiger partial charge is 0.0643 e. The number of halogens is 1. The number of hydrogen-bond donors (Lipinski definition) is 1. The number of anilines is 1. The van der Waals surface area contributed by atoms with E-state index in [1.165, 1.54) is 5.56 Å². The normalized spacial score (nSPS) is 12.8. The van der Waals surface area contributed by atoms with Crippen LogP contribution in [0.3, 0.4) is 0 Å². The van der Waals surface area contributed by atoms with E-state index < -0.39 is 0 Å². The van der Waals surface area contributed by atoms with Gasteiger partial charge >= 0.3 is 0 Å². The average Bonchev–Trinajstić information content (AvgIpc) is 2.33. The molecule has 0 aliphatic carbocycles. The van der Waals surface area contributed by atoms with E-state index in [-0.39, 0.29) is 0 Å². The number of hydrogen-bond acceptors (Lipinski definition) is 3. The van der Waals surface area contributed by atoms with Gasteiger partial charge in [-0.3, -0.25) is 0 Å². The van der Waals surface area contributed by atoms with Crippen LogP contribution in [0.2, 0.25) is 5.02 Å². The number of para-hydroxylation sites is 1. The van der Waals surface area contributed by atoms with E-state index in [1.807, 2.05) is 19.2 Å². The molecule has 0 saturated carbocycles. The lowest BCUT2D eigenvalue weighted by atomic mass is 10.1. The van der Waals surface area contributed by atoms with Crippen LogP contribution in [0.4, 0.5) is 5.69 Å². The first kappa shape index (κ1) is 16.3. The molecule has 108 valence electrons. The van der Waals surface area contributed by atoms with Crippen LogP contribution in [0.25, 0.3) is 0 Å². The van der Waals surface area contributed by atoms with Crippen molar-refractivity contribution >= 4 is 17.3 Å². The zero-order chi connectivity index (χ0) is 14.4. The molecule has 0 aliphatic rings. The lowest BCUT2D eigenvalue weighted by Gasteiger charge is -2.34. The maximum Gasteiger partial charge on any atom is 0.0643 e. The fourth-order valence-electron chi connectivity index (χ4n) is 2.53. The van der Waals surface area contributed by atoms with E-state index >= 15 is 0 Å². The minimum absolute atomic E-state index is 0.426. The Morgan fingerprint density at radius 2 is 2.00 bits per heavy atom. The van der Waals surface area contributed by atoms with Crippen LogP contribution < -0.4 is 10.2 Å². The van der Waals surface area contributed by atoms with Crippen LogP contribution in [0.1, 0.15) is 19.4 Å². The molecule has 4 heteroatoms. The summed E-state index contributed by atoms with van der Waals surface area (Å²) in [6, 6.07) is 6.56. The molecular formula is C15H26ClN3. The molecule has 0 amide bonds. The van der Waals surface area contributed by atoms with Gasteiger partial charge in [0.15, 0.2) is 0 Å². The summed E-state index contributed by atoms with van der Waals surface area (Å²) >= 11 is 6.44. The maximum atomic E-state index is 6.44. The molecule has 3 nitrogen and oxygen atoms in total. The van der Waals surface area contributed by atoms with Crippen molar-refractivity contribution in [3.63, 3.8) is 0 Å². The summed E-state index contributed by atoms with van der Waals surface area (Å²) in [4.78, 5) is 4.59. The van der Waals surface area contributed by atoms with Crippen molar-refractivity contribution in [1.29, 1.82) is 0 Å². The van der Waals surface area contributed by atoms with Crippen molar-refractivity contribution < 1.29 is 0 Å². The molecule has 1 aromatic rings. The van der Waals surface area contributed by atoms with Gasteiger partial charge in [0.1, 0.15) is 0 Å². The van der Waals surface area contributed by atoms with Crippen molar-refractivity contribution in [2.24, 2.45) is 0 Å². The zero-order valence-corrected chi connectivity index (χ0v) is 13.5. The molecule has 1 aromatic carbocycles. The van der Waals surface area contributed by atoms with Gasteiger partial charge in [0, 0.05) is 25.7 Å². The van der Waals surface area contributed by atoms with E-state index in [9.17, 15) is 0 Å². The van der Waals surface area contributed by atoms with Gasteiger partial charge < -0.3 is 15.1 Å². The molecule has 0 aliphatic heterocycles. The van der Waals surface area contributed by atoms with Crippen LogP contribution in [-0.2, 0) is 6.54 Å². The zero-order valence-electron chi connectivity index (χ0n) is 12.7. The molecule has 0 bridgehead atoms. The SMILES string of the molecule is CCN(c1c(Cl)cccc1CNC)C(C)CN(C)C. The molecular weight excluding hydrogens is 258 g/mol. The highest BCUT2D eigenvalue weighted by atomic mass is 35.5. The van der Waals surface area contributed by atoms with Crippen LogP contribution in [0, 0.1) is 0 Å². The van der Waals surface area contributed by atoms with Gasteiger partial charge in [-0.05, 0) is 46.6 Å². The van der Waals surface area contributed by atoms with E-state index in [4.69, 9.17) is 11.6 Å². The number of nitrogens with zero attached hydrogens (tertiary/aromatic N) is 2. The lowest BCUT2D eigenvalue weighted by molar-refractivity contribution is 0.372. The van der Waals surface area contributed by atoms with Crippen LogP contribution in [-0.4, -0.2) is 45.2 Å². The number of nitrogens with one attached hydrogen (secondary N) is 1. The Labute approximate surface area is 122 Å². The average molecular weight is 284 g/mol. The second kappa shape index (κ2) is 7.73. The van der Waals surface area contributed by atoms with Crippen LogP contribution in [0.15, 0.2) is 18.2 Å². The highest BCUT2D eigenvalue weighted by Crippen LogP contribution is 2.31. The Kier molecular flexibility index (Phi) is 6.63. The largest absolute Gasteiger partial charge is 0.366 e. The predicted molar refractivity (Wildman–Crippen MR) is 85.3 cm³/mol. The molecule has 1 N–H and O–H groups in total. The van der Waals surface area contributed by atoms with Crippen molar-refractivity contribution in [2.75, 3.05) is 39.1 Å². The van der Waals surface area contributed by atoms with Gasteiger partial charge in [-0.1, -0.05) is 23.7 Å². The molecule has 19 heavy (non-hydrogen) atoms. The molecule has 0 spiro atoms. The van der Waals surface area contributed by atoms with Gasteiger partial charge in [-0.25, -0.2) is 0 Å². The molecule has 1 rings (SSSR count). The second-order valence-electron chi connectivity index (χ2n) is 5.18.